The Kier molecular flexibility index (Phi) is 4.76. The van der Waals surface area contributed by atoms with Crippen molar-refractivity contribution in [3.63, 3.8) is 0 Å². The van der Waals surface area contributed by atoms with Gasteiger partial charge in [0, 0.05) is 12.2 Å². The summed E-state index contributed by atoms with van der Waals surface area (Å²) in [6.07, 6.45) is 4.96. The summed E-state index contributed by atoms with van der Waals surface area (Å²) in [4.78, 5) is 12.7. The molecule has 4 nitrogen and oxygen atoms in total. The lowest BCUT2D eigenvalue weighted by Gasteiger charge is -2.17. The van der Waals surface area contributed by atoms with Gasteiger partial charge in [-0.2, -0.15) is 5.10 Å². The Balaban J connectivity index is 1.48. The van der Waals surface area contributed by atoms with Crippen molar-refractivity contribution < 1.29 is 4.79 Å². The molecule has 1 aromatic heterocycles. The molecule has 132 valence electrons. The number of halogens is 1. The lowest BCUT2D eigenvalue weighted by Crippen LogP contribution is -2.38. The lowest BCUT2D eigenvalue weighted by molar-refractivity contribution is 0.0926. The maximum atomic E-state index is 12.7. The molecule has 2 aromatic carbocycles. The number of para-hydroxylation sites is 1. The van der Waals surface area contributed by atoms with E-state index in [0.717, 1.165) is 12.1 Å². The van der Waals surface area contributed by atoms with E-state index in [-0.39, 0.29) is 11.9 Å². The van der Waals surface area contributed by atoms with E-state index in [4.69, 9.17) is 11.6 Å². The van der Waals surface area contributed by atoms with Gasteiger partial charge in [-0.3, -0.25) is 4.79 Å². The van der Waals surface area contributed by atoms with Crippen LogP contribution in [-0.4, -0.2) is 21.7 Å². The first-order valence-corrected chi connectivity index (χ1v) is 9.24. The lowest BCUT2D eigenvalue weighted by atomic mass is 10.0. The monoisotopic (exact) mass is 365 g/mol. The van der Waals surface area contributed by atoms with Crippen LogP contribution in [0.25, 0.3) is 5.69 Å². The summed E-state index contributed by atoms with van der Waals surface area (Å²) in [5, 5.41) is 8.18. The Morgan fingerprint density at radius 3 is 2.58 bits per heavy atom. The van der Waals surface area contributed by atoms with Gasteiger partial charge < -0.3 is 5.32 Å². The zero-order valence-corrected chi connectivity index (χ0v) is 15.1. The molecule has 1 fully saturated rings. The Hall–Kier alpha value is -2.59. The third kappa shape index (κ3) is 3.81. The predicted octanol–water partition coefficient (Wildman–Crippen LogP) is 4.28. The third-order valence-corrected chi connectivity index (χ3v) is 5.05. The van der Waals surface area contributed by atoms with Crippen molar-refractivity contribution in [1.82, 2.24) is 15.1 Å². The number of amides is 1. The Morgan fingerprint density at radius 1 is 1.12 bits per heavy atom. The molecule has 1 unspecified atom stereocenters. The van der Waals surface area contributed by atoms with Crippen LogP contribution in [-0.2, 0) is 6.42 Å². The van der Waals surface area contributed by atoms with Gasteiger partial charge in [0.25, 0.3) is 5.91 Å². The van der Waals surface area contributed by atoms with E-state index in [1.54, 1.807) is 23.0 Å². The van der Waals surface area contributed by atoms with Crippen LogP contribution in [0.5, 0.6) is 0 Å². The molecule has 5 heteroatoms. The molecule has 1 aliphatic carbocycles. The van der Waals surface area contributed by atoms with E-state index >= 15 is 0 Å². The first-order chi connectivity index (χ1) is 12.7. The highest BCUT2D eigenvalue weighted by Gasteiger charge is 2.32. The Morgan fingerprint density at radius 2 is 1.85 bits per heavy atom. The smallest absolute Gasteiger partial charge is 0.272 e. The number of nitrogens with zero attached hydrogens (tertiary/aromatic N) is 2. The zero-order chi connectivity index (χ0) is 17.9. The SMILES string of the molecule is O=C(NC(Cc1ccccc1)C1CC1)c1ccn(-c2ccccc2Cl)n1. The van der Waals surface area contributed by atoms with E-state index in [1.807, 2.05) is 36.4 Å². The average molecular weight is 366 g/mol. The Labute approximate surface area is 157 Å². The molecular weight excluding hydrogens is 346 g/mol. The zero-order valence-electron chi connectivity index (χ0n) is 14.3. The van der Waals surface area contributed by atoms with Crippen LogP contribution in [0.1, 0.15) is 28.9 Å². The fourth-order valence-corrected chi connectivity index (χ4v) is 3.38. The maximum absolute atomic E-state index is 12.7. The van der Waals surface area contributed by atoms with E-state index in [9.17, 15) is 4.79 Å². The second-order valence-corrected chi connectivity index (χ2v) is 7.11. The van der Waals surface area contributed by atoms with Gasteiger partial charge in [-0.05, 0) is 48.9 Å². The number of nitrogens with one attached hydrogen (secondary N) is 1. The second-order valence-electron chi connectivity index (χ2n) is 6.70. The highest BCUT2D eigenvalue weighted by molar-refractivity contribution is 6.32. The van der Waals surface area contributed by atoms with Gasteiger partial charge in [-0.25, -0.2) is 4.68 Å². The van der Waals surface area contributed by atoms with Crippen molar-refractivity contribution in [2.75, 3.05) is 0 Å². The molecule has 0 radical (unpaired) electrons. The summed E-state index contributed by atoms with van der Waals surface area (Å²) in [6, 6.07) is 19.6. The van der Waals surface area contributed by atoms with E-state index in [2.05, 4.69) is 22.5 Å². The van der Waals surface area contributed by atoms with Gasteiger partial charge in [0.05, 0.1) is 10.7 Å². The van der Waals surface area contributed by atoms with Crippen molar-refractivity contribution in [2.45, 2.75) is 25.3 Å². The minimum Gasteiger partial charge on any atom is -0.347 e. The van der Waals surface area contributed by atoms with Gasteiger partial charge in [-0.15, -0.1) is 0 Å². The number of aromatic nitrogens is 2. The van der Waals surface area contributed by atoms with Crippen LogP contribution < -0.4 is 5.32 Å². The standard InChI is InChI=1S/C21H20ClN3O/c22-17-8-4-5-9-20(17)25-13-12-18(24-25)21(26)23-19(16-10-11-16)14-15-6-2-1-3-7-15/h1-9,12-13,16,19H,10-11,14H2,(H,23,26). The second kappa shape index (κ2) is 7.34. The number of benzene rings is 2. The molecule has 4 rings (SSSR count). The summed E-state index contributed by atoms with van der Waals surface area (Å²) < 4.78 is 1.64. The summed E-state index contributed by atoms with van der Waals surface area (Å²) in [5.41, 5.74) is 2.41. The largest absolute Gasteiger partial charge is 0.347 e. The normalized spacial score (nSPS) is 14.8. The first-order valence-electron chi connectivity index (χ1n) is 8.86. The van der Waals surface area contributed by atoms with Crippen LogP contribution in [0.4, 0.5) is 0 Å². The Bertz CT molecular complexity index is 902. The molecule has 3 aromatic rings. The molecule has 1 aliphatic rings. The summed E-state index contributed by atoms with van der Waals surface area (Å²) in [6.45, 7) is 0. The summed E-state index contributed by atoms with van der Waals surface area (Å²) >= 11 is 6.21. The molecule has 0 spiro atoms. The summed E-state index contributed by atoms with van der Waals surface area (Å²) in [7, 11) is 0. The molecule has 0 saturated heterocycles. The van der Waals surface area contributed by atoms with Gasteiger partial charge in [0.1, 0.15) is 0 Å². The molecule has 1 heterocycles. The highest BCUT2D eigenvalue weighted by Crippen LogP contribution is 2.34. The minimum absolute atomic E-state index is 0.136. The average Bonchev–Trinajstić information content (AvgIpc) is 3.39. The minimum atomic E-state index is -0.136. The fourth-order valence-electron chi connectivity index (χ4n) is 3.16. The molecule has 1 saturated carbocycles. The van der Waals surface area contributed by atoms with Gasteiger partial charge in [0.15, 0.2) is 5.69 Å². The molecule has 0 bridgehead atoms. The van der Waals surface area contributed by atoms with Gasteiger partial charge >= 0.3 is 0 Å². The third-order valence-electron chi connectivity index (χ3n) is 4.73. The van der Waals surface area contributed by atoms with Crippen LogP contribution in [0, 0.1) is 5.92 Å². The maximum Gasteiger partial charge on any atom is 0.272 e. The van der Waals surface area contributed by atoms with Crippen molar-refractivity contribution in [3.8, 4) is 5.69 Å². The van der Waals surface area contributed by atoms with Crippen LogP contribution in [0.15, 0.2) is 66.9 Å². The molecule has 1 N–H and O–H groups in total. The molecule has 1 amide bonds. The van der Waals surface area contributed by atoms with E-state index in [1.165, 1.54) is 18.4 Å². The van der Waals surface area contributed by atoms with E-state index < -0.39 is 0 Å². The van der Waals surface area contributed by atoms with Crippen molar-refractivity contribution in [1.29, 1.82) is 0 Å². The highest BCUT2D eigenvalue weighted by atomic mass is 35.5. The topological polar surface area (TPSA) is 46.9 Å². The van der Waals surface area contributed by atoms with E-state index in [0.29, 0.717) is 16.6 Å². The molecule has 1 atom stereocenters. The predicted molar refractivity (Wildman–Crippen MR) is 103 cm³/mol. The number of carbonyl (C=O) groups excluding carboxylic acids is 1. The number of rotatable bonds is 6. The number of carbonyl (C=O) groups is 1. The number of hydrogen-bond donors (Lipinski definition) is 1. The molecular formula is C21H20ClN3O. The van der Waals surface area contributed by atoms with Crippen molar-refractivity contribution in [2.24, 2.45) is 5.92 Å². The molecule has 0 aliphatic heterocycles. The van der Waals surface area contributed by atoms with Crippen LogP contribution >= 0.6 is 11.6 Å². The quantitative estimate of drug-likeness (QED) is 0.708. The van der Waals surface area contributed by atoms with Crippen molar-refractivity contribution in [3.05, 3.63) is 83.1 Å². The number of hydrogen-bond acceptors (Lipinski definition) is 2. The van der Waals surface area contributed by atoms with Crippen molar-refractivity contribution >= 4 is 17.5 Å². The van der Waals surface area contributed by atoms with Crippen LogP contribution in [0.2, 0.25) is 5.02 Å². The first kappa shape index (κ1) is 16.9. The van der Waals surface area contributed by atoms with Gasteiger partial charge in [-0.1, -0.05) is 54.1 Å². The fraction of sp³-hybridized carbons (Fsp3) is 0.238. The van der Waals surface area contributed by atoms with Crippen LogP contribution in [0.3, 0.4) is 0 Å². The molecule has 26 heavy (non-hydrogen) atoms. The van der Waals surface area contributed by atoms with Gasteiger partial charge in [0.2, 0.25) is 0 Å². The summed E-state index contributed by atoms with van der Waals surface area (Å²) in [5.74, 6) is 0.424.